The molecule has 0 radical (unpaired) electrons. The molecule has 0 aliphatic rings. The third kappa shape index (κ3) is 2.97. The van der Waals surface area contributed by atoms with E-state index in [0.29, 0.717) is 0 Å². The summed E-state index contributed by atoms with van der Waals surface area (Å²) in [6, 6.07) is 0. The van der Waals surface area contributed by atoms with Gasteiger partial charge >= 0.3 is 5.97 Å². The Hall–Kier alpha value is -0.500. The van der Waals surface area contributed by atoms with E-state index in [2.05, 4.69) is 4.98 Å². The van der Waals surface area contributed by atoms with Gasteiger partial charge in [-0.15, -0.1) is 0 Å². The van der Waals surface area contributed by atoms with E-state index in [1.54, 1.807) is 22.6 Å². The van der Waals surface area contributed by atoms with Crippen molar-refractivity contribution in [2.75, 3.05) is 0 Å². The SMILES string of the molecule is O=C(O)Cc1ncc(Cl)c(C(F)F)c1I. The maximum atomic E-state index is 12.5. The minimum Gasteiger partial charge on any atom is -0.481 e. The van der Waals surface area contributed by atoms with Crippen LogP contribution in [0.5, 0.6) is 0 Å². The average Bonchev–Trinajstić information content (AvgIpc) is 2.09. The van der Waals surface area contributed by atoms with Crippen LogP contribution in [0.1, 0.15) is 17.7 Å². The Morgan fingerprint density at radius 1 is 1.67 bits per heavy atom. The van der Waals surface area contributed by atoms with Gasteiger partial charge < -0.3 is 5.11 Å². The molecule has 0 aliphatic carbocycles. The van der Waals surface area contributed by atoms with Gasteiger partial charge in [-0.3, -0.25) is 9.78 Å². The molecule has 3 nitrogen and oxygen atoms in total. The van der Waals surface area contributed by atoms with Crippen LogP contribution in [0.4, 0.5) is 8.78 Å². The number of pyridine rings is 1. The van der Waals surface area contributed by atoms with Crippen molar-refractivity contribution in [3.8, 4) is 0 Å². The predicted molar refractivity (Wildman–Crippen MR) is 58.3 cm³/mol. The minimum atomic E-state index is -2.74. The van der Waals surface area contributed by atoms with Crippen molar-refractivity contribution in [3.05, 3.63) is 26.0 Å². The van der Waals surface area contributed by atoms with E-state index < -0.39 is 18.8 Å². The molecule has 1 aromatic heterocycles. The van der Waals surface area contributed by atoms with Crippen LogP contribution in [-0.4, -0.2) is 16.1 Å². The summed E-state index contributed by atoms with van der Waals surface area (Å²) in [7, 11) is 0. The predicted octanol–water partition coefficient (Wildman–Crippen LogP) is 2.90. The highest BCUT2D eigenvalue weighted by atomic mass is 127. The molecule has 0 aromatic carbocycles. The van der Waals surface area contributed by atoms with Crippen LogP contribution in [0.3, 0.4) is 0 Å². The van der Waals surface area contributed by atoms with Gasteiger partial charge in [-0.25, -0.2) is 8.78 Å². The monoisotopic (exact) mass is 347 g/mol. The number of hydrogen-bond acceptors (Lipinski definition) is 2. The summed E-state index contributed by atoms with van der Waals surface area (Å²) in [5.41, 5.74) is -0.258. The van der Waals surface area contributed by atoms with Crippen molar-refractivity contribution in [2.24, 2.45) is 0 Å². The van der Waals surface area contributed by atoms with Gasteiger partial charge in [0.25, 0.3) is 6.43 Å². The number of aliphatic carboxylic acids is 1. The Morgan fingerprint density at radius 3 is 2.73 bits per heavy atom. The molecule has 0 aliphatic heterocycles. The van der Waals surface area contributed by atoms with Crippen LogP contribution in [0, 0.1) is 3.57 Å². The zero-order valence-corrected chi connectivity index (χ0v) is 10.1. The maximum Gasteiger partial charge on any atom is 0.309 e. The summed E-state index contributed by atoms with van der Waals surface area (Å²) < 4.78 is 25.2. The highest BCUT2D eigenvalue weighted by molar-refractivity contribution is 14.1. The van der Waals surface area contributed by atoms with E-state index in [0.717, 1.165) is 6.20 Å². The molecule has 0 unspecified atom stereocenters. The highest BCUT2D eigenvalue weighted by Gasteiger charge is 2.20. The number of carbonyl (C=O) groups is 1. The molecule has 0 spiro atoms. The highest BCUT2D eigenvalue weighted by Crippen LogP contribution is 2.32. The van der Waals surface area contributed by atoms with E-state index >= 15 is 0 Å². The van der Waals surface area contributed by atoms with E-state index in [4.69, 9.17) is 16.7 Å². The summed E-state index contributed by atoms with van der Waals surface area (Å²) in [6.45, 7) is 0. The molecule has 0 saturated carbocycles. The van der Waals surface area contributed by atoms with Crippen LogP contribution in [0.2, 0.25) is 5.02 Å². The second-order valence-corrected chi connectivity index (χ2v) is 4.14. The largest absolute Gasteiger partial charge is 0.481 e. The molecule has 0 amide bonds. The lowest BCUT2D eigenvalue weighted by atomic mass is 10.2. The fourth-order valence-electron chi connectivity index (χ4n) is 0.988. The number of carboxylic acids is 1. The Balaban J connectivity index is 3.22. The first-order chi connectivity index (χ1) is 6.93. The van der Waals surface area contributed by atoms with Gasteiger partial charge in [0, 0.05) is 9.77 Å². The normalized spacial score (nSPS) is 10.7. The van der Waals surface area contributed by atoms with E-state index in [-0.39, 0.29) is 19.9 Å². The second kappa shape index (κ2) is 5.02. The van der Waals surface area contributed by atoms with Crippen LogP contribution in [0.25, 0.3) is 0 Å². The first-order valence-corrected chi connectivity index (χ1v) is 5.22. The number of carboxylic acid groups (broad SMARTS) is 1. The van der Waals surface area contributed by atoms with E-state index in [9.17, 15) is 13.6 Å². The lowest BCUT2D eigenvalue weighted by molar-refractivity contribution is -0.136. The lowest BCUT2D eigenvalue weighted by Crippen LogP contribution is -2.07. The fourth-order valence-corrected chi connectivity index (χ4v) is 2.23. The average molecular weight is 347 g/mol. The smallest absolute Gasteiger partial charge is 0.309 e. The Morgan fingerprint density at radius 2 is 2.27 bits per heavy atom. The van der Waals surface area contributed by atoms with Gasteiger partial charge in [-0.05, 0) is 22.6 Å². The summed E-state index contributed by atoms with van der Waals surface area (Å²) >= 11 is 7.16. The number of alkyl halides is 2. The van der Waals surface area contributed by atoms with Crippen molar-refractivity contribution >= 4 is 40.2 Å². The van der Waals surface area contributed by atoms with Crippen molar-refractivity contribution in [1.29, 1.82) is 0 Å². The molecule has 0 saturated heterocycles. The molecular formula is C8H5ClF2INO2. The van der Waals surface area contributed by atoms with Gasteiger partial charge in [0.2, 0.25) is 0 Å². The van der Waals surface area contributed by atoms with Gasteiger partial charge in [-0.1, -0.05) is 11.6 Å². The molecule has 7 heteroatoms. The van der Waals surface area contributed by atoms with Crippen LogP contribution in [-0.2, 0) is 11.2 Å². The second-order valence-electron chi connectivity index (χ2n) is 2.65. The number of aromatic nitrogens is 1. The van der Waals surface area contributed by atoms with Crippen LogP contribution >= 0.6 is 34.2 Å². The summed E-state index contributed by atoms with van der Waals surface area (Å²) in [5, 5.41) is 8.38. The molecule has 15 heavy (non-hydrogen) atoms. The first kappa shape index (κ1) is 12.6. The first-order valence-electron chi connectivity index (χ1n) is 3.76. The zero-order valence-electron chi connectivity index (χ0n) is 7.18. The number of nitrogens with zero attached hydrogens (tertiary/aromatic N) is 1. The van der Waals surface area contributed by atoms with E-state index in [1.165, 1.54) is 0 Å². The summed E-state index contributed by atoms with van der Waals surface area (Å²) in [5.74, 6) is -1.12. The Kier molecular flexibility index (Phi) is 4.21. The molecule has 1 heterocycles. The quantitative estimate of drug-likeness (QED) is 0.856. The molecule has 0 fully saturated rings. The third-order valence-corrected chi connectivity index (χ3v) is 3.12. The zero-order chi connectivity index (χ0) is 11.6. The molecule has 82 valence electrons. The maximum absolute atomic E-state index is 12.5. The molecule has 1 N–H and O–H groups in total. The molecule has 0 bridgehead atoms. The van der Waals surface area contributed by atoms with Crippen molar-refractivity contribution < 1.29 is 18.7 Å². The minimum absolute atomic E-state index is 0.0998. The number of rotatable bonds is 3. The lowest BCUT2D eigenvalue weighted by Gasteiger charge is -2.08. The number of hydrogen-bond donors (Lipinski definition) is 1. The molecule has 1 aromatic rings. The van der Waals surface area contributed by atoms with Gasteiger partial charge in [0.15, 0.2) is 0 Å². The topological polar surface area (TPSA) is 50.2 Å². The third-order valence-electron chi connectivity index (χ3n) is 1.62. The standard InChI is InChI=1S/C8H5ClF2INO2/c9-3-2-13-4(1-5(14)15)7(12)6(3)8(10)11/h2,8H,1H2,(H,14,15). The molecule has 0 atom stereocenters. The molecule has 1 rings (SSSR count). The van der Waals surface area contributed by atoms with Gasteiger partial charge in [-0.2, -0.15) is 0 Å². The van der Waals surface area contributed by atoms with Crippen molar-refractivity contribution in [3.63, 3.8) is 0 Å². The van der Waals surface area contributed by atoms with Crippen LogP contribution < -0.4 is 0 Å². The summed E-state index contributed by atoms with van der Waals surface area (Å²) in [6.07, 6.45) is -2.08. The van der Waals surface area contributed by atoms with Crippen molar-refractivity contribution in [1.82, 2.24) is 4.98 Å². The molecular weight excluding hydrogens is 342 g/mol. The van der Waals surface area contributed by atoms with Gasteiger partial charge in [0.1, 0.15) is 0 Å². The Bertz CT molecular complexity index is 400. The summed E-state index contributed by atoms with van der Waals surface area (Å²) in [4.78, 5) is 14.1. The van der Waals surface area contributed by atoms with Crippen LogP contribution in [0.15, 0.2) is 6.20 Å². The van der Waals surface area contributed by atoms with Gasteiger partial charge in [0.05, 0.1) is 22.7 Å². The van der Waals surface area contributed by atoms with Crippen molar-refractivity contribution in [2.45, 2.75) is 12.8 Å². The van der Waals surface area contributed by atoms with E-state index in [1.807, 2.05) is 0 Å². The number of halogens is 4. The Labute approximate surface area is 103 Å². The fraction of sp³-hybridized carbons (Fsp3) is 0.250.